The molecule has 10 nitrogen and oxygen atoms in total. The van der Waals surface area contributed by atoms with Gasteiger partial charge >= 0.3 is 6.16 Å². The number of aromatic hydroxyl groups is 2. The molecule has 4 aromatic carbocycles. The van der Waals surface area contributed by atoms with Crippen LogP contribution < -0.4 is 4.74 Å². The summed E-state index contributed by atoms with van der Waals surface area (Å²) in [7, 11) is 0. The summed E-state index contributed by atoms with van der Waals surface area (Å²) in [5, 5.41) is 21.1. The Morgan fingerprint density at radius 3 is 1.78 bits per heavy atom. The number of hydrogen-bond donors (Lipinski definition) is 2. The summed E-state index contributed by atoms with van der Waals surface area (Å²) in [5.41, 5.74) is 3.15. The number of phenolic OH excluding ortho intramolecular Hbond substituents is 2. The lowest BCUT2D eigenvalue weighted by molar-refractivity contribution is -0.209. The van der Waals surface area contributed by atoms with Crippen molar-refractivity contribution in [2.75, 3.05) is 26.3 Å². The Bertz CT molecular complexity index is 1530. The molecule has 50 heavy (non-hydrogen) atoms. The van der Waals surface area contributed by atoms with Crippen molar-refractivity contribution in [1.82, 2.24) is 5.06 Å². The van der Waals surface area contributed by atoms with Crippen LogP contribution in [0.3, 0.4) is 0 Å². The Labute approximate surface area is 294 Å². The van der Waals surface area contributed by atoms with Gasteiger partial charge in [0.2, 0.25) is 0 Å². The van der Waals surface area contributed by atoms with E-state index in [9.17, 15) is 15.0 Å². The zero-order chi connectivity index (χ0) is 35.3. The maximum absolute atomic E-state index is 12.7. The minimum atomic E-state index is -0.808. The van der Waals surface area contributed by atoms with Crippen molar-refractivity contribution in [1.29, 1.82) is 0 Å². The molecule has 0 aromatic heterocycles. The van der Waals surface area contributed by atoms with Gasteiger partial charge in [0.15, 0.2) is 0 Å². The van der Waals surface area contributed by atoms with E-state index >= 15 is 0 Å². The molecule has 4 aromatic rings. The first kappa shape index (κ1) is 36.7. The zero-order valence-electron chi connectivity index (χ0n) is 28.9. The van der Waals surface area contributed by atoms with Crippen molar-refractivity contribution in [2.24, 2.45) is 0 Å². The number of rotatable bonds is 15. The molecule has 266 valence electrons. The Morgan fingerprint density at radius 2 is 1.24 bits per heavy atom. The van der Waals surface area contributed by atoms with Gasteiger partial charge in [0.25, 0.3) is 0 Å². The summed E-state index contributed by atoms with van der Waals surface area (Å²) >= 11 is 0. The first-order valence-electron chi connectivity index (χ1n) is 16.9. The summed E-state index contributed by atoms with van der Waals surface area (Å²) in [4.78, 5) is 18.4. The molecule has 0 spiro atoms. The van der Waals surface area contributed by atoms with E-state index in [1.807, 2.05) is 54.6 Å². The molecule has 2 N–H and O–H groups in total. The van der Waals surface area contributed by atoms with Crippen molar-refractivity contribution in [3.05, 3.63) is 125 Å². The van der Waals surface area contributed by atoms with Gasteiger partial charge < -0.3 is 38.7 Å². The largest absolute Gasteiger partial charge is 0.528 e. The fraction of sp³-hybridized carbons (Fsp3) is 0.375. The van der Waals surface area contributed by atoms with Gasteiger partial charge in [-0.3, -0.25) is 0 Å². The molecule has 0 saturated carbocycles. The average Bonchev–Trinajstić information content (AvgIpc) is 3.09. The lowest BCUT2D eigenvalue weighted by atomic mass is 9.85. The molecule has 0 amide bonds. The molecule has 0 bridgehead atoms. The summed E-state index contributed by atoms with van der Waals surface area (Å²) < 4.78 is 30.3. The van der Waals surface area contributed by atoms with E-state index in [0.717, 1.165) is 34.4 Å². The van der Waals surface area contributed by atoms with Crippen molar-refractivity contribution in [3.8, 4) is 17.2 Å². The highest BCUT2D eigenvalue weighted by atomic mass is 16.8. The van der Waals surface area contributed by atoms with Crippen LogP contribution in [0.5, 0.6) is 17.2 Å². The van der Waals surface area contributed by atoms with Gasteiger partial charge in [0, 0.05) is 12.3 Å². The Morgan fingerprint density at radius 1 is 0.700 bits per heavy atom. The van der Waals surface area contributed by atoms with Crippen LogP contribution in [0.4, 0.5) is 4.79 Å². The number of hydrogen-bond acceptors (Lipinski definition) is 10. The molecule has 1 aliphatic rings. The van der Waals surface area contributed by atoms with E-state index in [0.29, 0.717) is 19.8 Å². The molecule has 1 saturated heterocycles. The quantitative estimate of drug-likeness (QED) is 0.0962. The highest BCUT2D eigenvalue weighted by Gasteiger charge is 2.41. The third-order valence-corrected chi connectivity index (χ3v) is 8.04. The number of piperidine rings is 1. The van der Waals surface area contributed by atoms with Crippen LogP contribution in [0, 0.1) is 0 Å². The number of carbonyl (C=O) groups is 1. The summed E-state index contributed by atoms with van der Waals surface area (Å²) in [6, 6.07) is 31.7. The summed E-state index contributed by atoms with van der Waals surface area (Å²) in [5.74, 6) is 0.839. The number of phenols is 2. The third-order valence-electron chi connectivity index (χ3n) is 8.04. The molecule has 0 unspecified atom stereocenters. The van der Waals surface area contributed by atoms with Gasteiger partial charge in [-0.1, -0.05) is 66.7 Å². The fourth-order valence-corrected chi connectivity index (χ4v) is 5.63. The van der Waals surface area contributed by atoms with Crippen molar-refractivity contribution in [2.45, 2.75) is 70.7 Å². The van der Waals surface area contributed by atoms with Gasteiger partial charge in [0.1, 0.15) is 22.8 Å². The minimum Gasteiger partial charge on any atom is -0.508 e. The van der Waals surface area contributed by atoms with Crippen LogP contribution in [0.15, 0.2) is 103 Å². The molecule has 5 rings (SSSR count). The van der Waals surface area contributed by atoms with Crippen LogP contribution in [0.25, 0.3) is 0 Å². The van der Waals surface area contributed by atoms with E-state index in [4.69, 9.17) is 28.5 Å². The maximum atomic E-state index is 12.7. The maximum Gasteiger partial charge on any atom is 0.528 e. The van der Waals surface area contributed by atoms with E-state index in [2.05, 4.69) is 0 Å². The normalized spacial score (nSPS) is 18.0. The lowest BCUT2D eigenvalue weighted by Crippen LogP contribution is -2.53. The smallest absolute Gasteiger partial charge is 0.508 e. The van der Waals surface area contributed by atoms with Gasteiger partial charge in [-0.25, -0.2) is 4.79 Å². The predicted octanol–water partition coefficient (Wildman–Crippen LogP) is 7.52. The fourth-order valence-electron chi connectivity index (χ4n) is 5.63. The summed E-state index contributed by atoms with van der Waals surface area (Å²) in [6.45, 7) is 8.08. The van der Waals surface area contributed by atoms with E-state index in [1.165, 1.54) is 5.06 Å². The third kappa shape index (κ3) is 11.8. The van der Waals surface area contributed by atoms with Gasteiger partial charge in [0.05, 0.1) is 58.3 Å². The summed E-state index contributed by atoms with van der Waals surface area (Å²) in [6.07, 6.45) is -0.973. The van der Waals surface area contributed by atoms with E-state index < -0.39 is 24.0 Å². The van der Waals surface area contributed by atoms with Crippen LogP contribution in [-0.2, 0) is 43.6 Å². The van der Waals surface area contributed by atoms with Crippen LogP contribution in [0.2, 0.25) is 0 Å². The molecule has 1 aliphatic heterocycles. The molecule has 1 heterocycles. The van der Waals surface area contributed by atoms with Crippen LogP contribution >= 0.6 is 0 Å². The molecule has 0 aliphatic carbocycles. The highest BCUT2D eigenvalue weighted by Crippen LogP contribution is 2.35. The zero-order valence-corrected chi connectivity index (χ0v) is 28.9. The molecular formula is C40H47NO9. The highest BCUT2D eigenvalue weighted by molar-refractivity contribution is 5.60. The van der Waals surface area contributed by atoms with Gasteiger partial charge in [-0.15, -0.1) is 5.06 Å². The first-order chi connectivity index (χ1) is 24.1. The second kappa shape index (κ2) is 17.9. The molecule has 1 fully saturated rings. The molecular weight excluding hydrogens is 638 g/mol. The molecule has 10 heteroatoms. The molecule has 3 atom stereocenters. The average molecular weight is 686 g/mol. The monoisotopic (exact) mass is 685 g/mol. The standard InChI is InChI=1S/C40H47NO9/c1-40(2,3)49-39(44)50-41-24-36(47-27-30-10-16-33(42)17-11-30)38(37(25-41)48-28-31-12-18-34(43)19-13-31)32-14-20-35(21-15-32)46-23-7-22-45-26-29-8-5-4-6-9-29/h4-6,8-21,36-38,42-43H,7,22-28H2,1-3H3/t36-,37+,38-. The number of benzene rings is 4. The Hall–Kier alpha value is -4.61. The lowest BCUT2D eigenvalue weighted by Gasteiger charge is -2.42. The van der Waals surface area contributed by atoms with E-state index in [1.54, 1.807) is 69.3 Å². The molecule has 0 radical (unpaired) electrons. The van der Waals surface area contributed by atoms with Crippen LogP contribution in [0.1, 0.15) is 55.4 Å². The number of carbonyl (C=O) groups excluding carboxylic acids is 1. The van der Waals surface area contributed by atoms with Crippen molar-refractivity contribution < 1.29 is 43.5 Å². The number of hydroxylamine groups is 2. The number of nitrogens with zero attached hydrogens (tertiary/aromatic N) is 1. The number of ether oxygens (including phenoxy) is 5. The van der Waals surface area contributed by atoms with E-state index in [-0.39, 0.29) is 43.7 Å². The van der Waals surface area contributed by atoms with Crippen molar-refractivity contribution in [3.63, 3.8) is 0 Å². The Balaban J connectivity index is 1.30. The SMILES string of the molecule is CC(C)(C)OC(=O)ON1C[C@H](OCc2ccc(O)cc2)[C@H](c2ccc(OCCCOCc3ccccc3)cc2)[C@H](OCc2ccc(O)cc2)C1. The second-order valence-corrected chi connectivity index (χ2v) is 13.3. The topological polar surface area (TPSA) is 116 Å². The van der Waals surface area contributed by atoms with Gasteiger partial charge in [-0.2, -0.15) is 0 Å². The predicted molar refractivity (Wildman–Crippen MR) is 188 cm³/mol. The Kier molecular flexibility index (Phi) is 13.1. The second-order valence-electron chi connectivity index (χ2n) is 13.3. The minimum absolute atomic E-state index is 0.172. The van der Waals surface area contributed by atoms with Gasteiger partial charge in [-0.05, 0) is 79.4 Å². The van der Waals surface area contributed by atoms with Crippen molar-refractivity contribution >= 4 is 6.16 Å². The van der Waals surface area contributed by atoms with Crippen LogP contribution in [-0.4, -0.2) is 65.5 Å². The first-order valence-corrected chi connectivity index (χ1v) is 16.9.